The number of nitrogens with two attached hydrogens (primary N) is 1. The Kier molecular flexibility index (Phi) is 9.34. The number of hydrogen-bond donors (Lipinski definition) is 1. The van der Waals surface area contributed by atoms with Crippen LogP contribution in [0.5, 0.6) is 5.88 Å². The molecule has 3 nitrogen and oxygen atoms in total. The lowest BCUT2D eigenvalue weighted by atomic mass is 10.3. The smallest absolute Gasteiger partial charge is 0.217 e. The molecule has 1 rings (SSSR count). The highest BCUT2D eigenvalue weighted by Crippen LogP contribution is 2.12. The first-order valence-corrected chi connectivity index (χ1v) is 3.65. The van der Waals surface area contributed by atoms with Gasteiger partial charge in [-0.1, -0.05) is 6.07 Å². The summed E-state index contributed by atoms with van der Waals surface area (Å²) in [6, 6.07) is 3.77. The molecule has 5 heteroatoms. The van der Waals surface area contributed by atoms with Crippen molar-refractivity contribution in [3.05, 3.63) is 23.9 Å². The second-order valence-corrected chi connectivity index (χ2v) is 2.10. The van der Waals surface area contributed by atoms with Crippen molar-refractivity contribution >= 4 is 24.8 Å². The van der Waals surface area contributed by atoms with Gasteiger partial charge in [0.25, 0.3) is 0 Å². The summed E-state index contributed by atoms with van der Waals surface area (Å²) in [7, 11) is 0. The molecule has 0 aliphatic heterocycles. The summed E-state index contributed by atoms with van der Waals surface area (Å²) in [5.41, 5.74) is 6.41. The third-order valence-electron chi connectivity index (χ3n) is 1.35. The Balaban J connectivity index is 0. The number of pyridine rings is 1. The molecule has 0 aromatic carbocycles. The second kappa shape index (κ2) is 8.10. The van der Waals surface area contributed by atoms with E-state index in [-0.39, 0.29) is 24.8 Å². The number of aromatic nitrogens is 1. The molecule has 0 unspecified atom stereocenters. The first-order chi connectivity index (χ1) is 5.38. The van der Waals surface area contributed by atoms with Crippen molar-refractivity contribution < 1.29 is 4.74 Å². The standard InChI is InChI=1S/C8H12N2O.2ClH/c1-2-11-8-7(6-9)4-3-5-10-8;;/h3-5H,2,6,9H2,1H3;2*1H. The van der Waals surface area contributed by atoms with E-state index in [4.69, 9.17) is 10.5 Å². The molecule has 0 spiro atoms. The zero-order valence-electron chi connectivity index (χ0n) is 7.40. The third kappa shape index (κ3) is 4.31. The zero-order chi connectivity index (χ0) is 8.10. The van der Waals surface area contributed by atoms with Crippen LogP contribution in [0.15, 0.2) is 18.3 Å². The lowest BCUT2D eigenvalue weighted by molar-refractivity contribution is 0.323. The van der Waals surface area contributed by atoms with Crippen molar-refractivity contribution in [1.29, 1.82) is 0 Å². The van der Waals surface area contributed by atoms with Gasteiger partial charge in [-0.3, -0.25) is 0 Å². The van der Waals surface area contributed by atoms with Crippen LogP contribution in [0.4, 0.5) is 0 Å². The van der Waals surface area contributed by atoms with Gasteiger partial charge in [0.2, 0.25) is 5.88 Å². The third-order valence-corrected chi connectivity index (χ3v) is 1.35. The molecule has 1 aromatic rings. The fourth-order valence-corrected chi connectivity index (χ4v) is 0.846. The van der Waals surface area contributed by atoms with Crippen LogP contribution in [0, 0.1) is 0 Å². The van der Waals surface area contributed by atoms with Crippen LogP contribution in [0.3, 0.4) is 0 Å². The van der Waals surface area contributed by atoms with E-state index in [9.17, 15) is 0 Å². The number of ether oxygens (including phenoxy) is 1. The molecule has 0 saturated carbocycles. The molecule has 0 atom stereocenters. The molecule has 0 bridgehead atoms. The van der Waals surface area contributed by atoms with Crippen molar-refractivity contribution in [3.63, 3.8) is 0 Å². The van der Waals surface area contributed by atoms with Crippen molar-refractivity contribution in [2.45, 2.75) is 13.5 Å². The maximum Gasteiger partial charge on any atom is 0.217 e. The van der Waals surface area contributed by atoms with Gasteiger partial charge in [-0.15, -0.1) is 24.8 Å². The Morgan fingerprint density at radius 1 is 1.46 bits per heavy atom. The molecule has 76 valence electrons. The maximum absolute atomic E-state index is 5.46. The topological polar surface area (TPSA) is 48.1 Å². The minimum Gasteiger partial charge on any atom is -0.478 e. The summed E-state index contributed by atoms with van der Waals surface area (Å²) in [5.74, 6) is 0.650. The van der Waals surface area contributed by atoms with E-state index in [0.29, 0.717) is 19.0 Å². The van der Waals surface area contributed by atoms with Gasteiger partial charge in [-0.2, -0.15) is 0 Å². The highest BCUT2D eigenvalue weighted by atomic mass is 35.5. The van der Waals surface area contributed by atoms with Gasteiger partial charge < -0.3 is 10.5 Å². The van der Waals surface area contributed by atoms with E-state index in [0.717, 1.165) is 5.56 Å². The summed E-state index contributed by atoms with van der Waals surface area (Å²) in [4.78, 5) is 4.04. The molecular formula is C8H14Cl2N2O. The molecule has 0 fully saturated rings. The Morgan fingerprint density at radius 2 is 2.15 bits per heavy atom. The van der Waals surface area contributed by atoms with Gasteiger partial charge >= 0.3 is 0 Å². The van der Waals surface area contributed by atoms with E-state index in [2.05, 4.69) is 4.98 Å². The first-order valence-electron chi connectivity index (χ1n) is 3.65. The van der Waals surface area contributed by atoms with Crippen LogP contribution in [0.1, 0.15) is 12.5 Å². The summed E-state index contributed by atoms with van der Waals surface area (Å²) < 4.78 is 5.24. The summed E-state index contributed by atoms with van der Waals surface area (Å²) in [6.45, 7) is 3.03. The molecule has 0 aliphatic rings. The van der Waals surface area contributed by atoms with Crippen LogP contribution in [-0.4, -0.2) is 11.6 Å². The van der Waals surface area contributed by atoms with Crippen LogP contribution < -0.4 is 10.5 Å². The SMILES string of the molecule is CCOc1ncccc1CN.Cl.Cl. The average molecular weight is 225 g/mol. The highest BCUT2D eigenvalue weighted by molar-refractivity contribution is 5.85. The van der Waals surface area contributed by atoms with Gasteiger partial charge in [0, 0.05) is 18.3 Å². The monoisotopic (exact) mass is 224 g/mol. The van der Waals surface area contributed by atoms with E-state index < -0.39 is 0 Å². The molecule has 2 N–H and O–H groups in total. The molecule has 1 heterocycles. The highest BCUT2D eigenvalue weighted by Gasteiger charge is 1.99. The van der Waals surface area contributed by atoms with E-state index in [1.54, 1.807) is 6.20 Å². The number of rotatable bonds is 3. The maximum atomic E-state index is 5.46. The predicted molar refractivity (Wildman–Crippen MR) is 57.8 cm³/mol. The van der Waals surface area contributed by atoms with Crippen molar-refractivity contribution in [1.82, 2.24) is 4.98 Å². The molecule has 0 saturated heterocycles. The summed E-state index contributed by atoms with van der Waals surface area (Å²) in [5, 5.41) is 0. The normalized spacial score (nSPS) is 8.15. The quantitative estimate of drug-likeness (QED) is 0.852. The minimum absolute atomic E-state index is 0. The van der Waals surface area contributed by atoms with Crippen LogP contribution in [0.2, 0.25) is 0 Å². The Bertz CT molecular complexity index is 233. The molecular weight excluding hydrogens is 211 g/mol. The molecule has 0 radical (unpaired) electrons. The van der Waals surface area contributed by atoms with Gasteiger partial charge in [-0.25, -0.2) is 4.98 Å². The molecule has 0 aliphatic carbocycles. The number of halogens is 2. The Morgan fingerprint density at radius 3 is 2.69 bits per heavy atom. The van der Waals surface area contributed by atoms with Crippen molar-refractivity contribution in [3.8, 4) is 5.88 Å². The fourth-order valence-electron chi connectivity index (χ4n) is 0.846. The fraction of sp³-hybridized carbons (Fsp3) is 0.375. The largest absolute Gasteiger partial charge is 0.478 e. The van der Waals surface area contributed by atoms with Gasteiger partial charge in [0.1, 0.15) is 0 Å². The first kappa shape index (κ1) is 15.0. The van der Waals surface area contributed by atoms with E-state index in [1.807, 2.05) is 19.1 Å². The second-order valence-electron chi connectivity index (χ2n) is 2.10. The van der Waals surface area contributed by atoms with Crippen LogP contribution in [0.25, 0.3) is 0 Å². The van der Waals surface area contributed by atoms with Crippen molar-refractivity contribution in [2.75, 3.05) is 6.61 Å². The number of nitrogens with zero attached hydrogens (tertiary/aromatic N) is 1. The lowest BCUT2D eigenvalue weighted by Crippen LogP contribution is -2.03. The predicted octanol–water partition coefficient (Wildman–Crippen LogP) is 1.78. The van der Waals surface area contributed by atoms with Crippen LogP contribution >= 0.6 is 24.8 Å². The zero-order valence-corrected chi connectivity index (χ0v) is 9.03. The summed E-state index contributed by atoms with van der Waals surface area (Å²) >= 11 is 0. The average Bonchev–Trinajstić information content (AvgIpc) is 2.06. The number of hydrogen-bond acceptors (Lipinski definition) is 3. The minimum atomic E-state index is 0. The Hall–Kier alpha value is -0.510. The van der Waals surface area contributed by atoms with Gasteiger partial charge in [0.05, 0.1) is 6.61 Å². The molecule has 1 aromatic heterocycles. The van der Waals surface area contributed by atoms with Gasteiger partial charge in [-0.05, 0) is 13.0 Å². The van der Waals surface area contributed by atoms with E-state index in [1.165, 1.54) is 0 Å². The van der Waals surface area contributed by atoms with Crippen molar-refractivity contribution in [2.24, 2.45) is 5.73 Å². The van der Waals surface area contributed by atoms with Gasteiger partial charge in [0.15, 0.2) is 0 Å². The lowest BCUT2D eigenvalue weighted by Gasteiger charge is -2.05. The molecule has 13 heavy (non-hydrogen) atoms. The Labute approximate surface area is 90.5 Å². The van der Waals surface area contributed by atoms with Crippen LogP contribution in [-0.2, 0) is 6.54 Å². The molecule has 0 amide bonds. The summed E-state index contributed by atoms with van der Waals surface area (Å²) in [6.07, 6.45) is 1.70. The van der Waals surface area contributed by atoms with E-state index >= 15 is 0 Å².